The molecule has 16 heavy (non-hydrogen) atoms. The Balaban J connectivity index is 2.78. The summed E-state index contributed by atoms with van der Waals surface area (Å²) >= 11 is 0. The number of aromatic nitrogens is 2. The van der Waals surface area contributed by atoms with Crippen molar-refractivity contribution in [3.8, 4) is 0 Å². The highest BCUT2D eigenvalue weighted by Gasteiger charge is 2.11. The largest absolute Gasteiger partial charge is 0.391 e. The minimum Gasteiger partial charge on any atom is -0.391 e. The lowest BCUT2D eigenvalue weighted by Gasteiger charge is -2.22. The molecule has 90 valence electrons. The van der Waals surface area contributed by atoms with Crippen LogP contribution in [0, 0.1) is 0 Å². The molecule has 0 unspecified atom stereocenters. The predicted molar refractivity (Wildman–Crippen MR) is 63.7 cm³/mol. The number of likely N-dealkylation sites (N-methyl/N-ethyl adjacent to an activating group) is 1. The standard InChI is InChI=1S/C10H18N4O2/c1-3-14(5-6-16-4-2)9-8(11)10(15)13-7-12-9/h7H,3-6,11H2,1-2H3,(H,12,13,15). The van der Waals surface area contributed by atoms with Crippen molar-refractivity contribution in [3.05, 3.63) is 16.7 Å². The molecule has 0 fully saturated rings. The molecule has 0 aliphatic carbocycles. The summed E-state index contributed by atoms with van der Waals surface area (Å²) < 4.78 is 5.26. The third-order valence-corrected chi connectivity index (χ3v) is 2.26. The van der Waals surface area contributed by atoms with Crippen molar-refractivity contribution < 1.29 is 4.74 Å². The minimum atomic E-state index is -0.306. The fraction of sp³-hybridized carbons (Fsp3) is 0.600. The zero-order valence-corrected chi connectivity index (χ0v) is 9.69. The van der Waals surface area contributed by atoms with E-state index in [0.29, 0.717) is 25.6 Å². The maximum Gasteiger partial charge on any atom is 0.276 e. The number of nitrogens with two attached hydrogens (primary N) is 1. The fourth-order valence-corrected chi connectivity index (χ4v) is 1.39. The van der Waals surface area contributed by atoms with Gasteiger partial charge in [-0.15, -0.1) is 0 Å². The molecule has 6 nitrogen and oxygen atoms in total. The SMILES string of the molecule is CCOCCN(CC)c1nc[nH]c(=O)c1N. The third kappa shape index (κ3) is 2.96. The zero-order chi connectivity index (χ0) is 12.0. The fourth-order valence-electron chi connectivity index (χ4n) is 1.39. The van der Waals surface area contributed by atoms with Gasteiger partial charge in [0.05, 0.1) is 12.9 Å². The van der Waals surface area contributed by atoms with E-state index in [4.69, 9.17) is 10.5 Å². The molecule has 0 atom stereocenters. The summed E-state index contributed by atoms with van der Waals surface area (Å²) in [6.07, 6.45) is 1.36. The van der Waals surface area contributed by atoms with E-state index in [9.17, 15) is 4.79 Å². The topological polar surface area (TPSA) is 84.2 Å². The van der Waals surface area contributed by atoms with Gasteiger partial charge in [0.15, 0.2) is 5.82 Å². The first-order chi connectivity index (χ1) is 7.70. The highest BCUT2D eigenvalue weighted by molar-refractivity contribution is 5.60. The summed E-state index contributed by atoms with van der Waals surface area (Å²) in [6.45, 7) is 6.59. The second kappa shape index (κ2) is 6.12. The van der Waals surface area contributed by atoms with Gasteiger partial charge in [-0.2, -0.15) is 0 Å². The first-order valence-electron chi connectivity index (χ1n) is 5.36. The molecule has 0 saturated heterocycles. The molecule has 0 bridgehead atoms. The van der Waals surface area contributed by atoms with Crippen LogP contribution in [0.2, 0.25) is 0 Å². The first-order valence-corrected chi connectivity index (χ1v) is 5.36. The lowest BCUT2D eigenvalue weighted by molar-refractivity contribution is 0.154. The van der Waals surface area contributed by atoms with Gasteiger partial charge in [-0.3, -0.25) is 4.79 Å². The van der Waals surface area contributed by atoms with Crippen molar-refractivity contribution >= 4 is 11.5 Å². The molecule has 0 radical (unpaired) electrons. The maximum atomic E-state index is 11.3. The summed E-state index contributed by atoms with van der Waals surface area (Å²) in [4.78, 5) is 19.7. The monoisotopic (exact) mass is 226 g/mol. The average molecular weight is 226 g/mol. The lowest BCUT2D eigenvalue weighted by Crippen LogP contribution is -2.31. The Morgan fingerprint density at radius 2 is 2.31 bits per heavy atom. The van der Waals surface area contributed by atoms with Crippen LogP contribution >= 0.6 is 0 Å². The van der Waals surface area contributed by atoms with Gasteiger partial charge in [0, 0.05) is 19.7 Å². The van der Waals surface area contributed by atoms with Gasteiger partial charge >= 0.3 is 0 Å². The van der Waals surface area contributed by atoms with Crippen molar-refractivity contribution in [3.63, 3.8) is 0 Å². The van der Waals surface area contributed by atoms with Crippen molar-refractivity contribution in [1.82, 2.24) is 9.97 Å². The Labute approximate surface area is 94.4 Å². The van der Waals surface area contributed by atoms with E-state index in [2.05, 4.69) is 9.97 Å². The van der Waals surface area contributed by atoms with Gasteiger partial charge in [-0.25, -0.2) is 4.98 Å². The number of aromatic amines is 1. The van der Waals surface area contributed by atoms with Crippen molar-refractivity contribution in [1.29, 1.82) is 0 Å². The number of hydrogen-bond donors (Lipinski definition) is 2. The van der Waals surface area contributed by atoms with E-state index in [0.717, 1.165) is 6.54 Å². The lowest BCUT2D eigenvalue weighted by atomic mass is 10.4. The summed E-state index contributed by atoms with van der Waals surface area (Å²) in [5, 5.41) is 0. The van der Waals surface area contributed by atoms with Gasteiger partial charge in [0.1, 0.15) is 5.69 Å². The van der Waals surface area contributed by atoms with Crippen molar-refractivity contribution in [2.45, 2.75) is 13.8 Å². The van der Waals surface area contributed by atoms with E-state index >= 15 is 0 Å². The minimum absolute atomic E-state index is 0.154. The first kappa shape index (κ1) is 12.5. The highest BCUT2D eigenvalue weighted by Crippen LogP contribution is 2.13. The van der Waals surface area contributed by atoms with Crippen LogP contribution in [0.4, 0.5) is 11.5 Å². The Morgan fingerprint density at radius 3 is 2.94 bits per heavy atom. The number of hydrogen-bond acceptors (Lipinski definition) is 5. The zero-order valence-electron chi connectivity index (χ0n) is 9.69. The van der Waals surface area contributed by atoms with Crippen LogP contribution in [0.15, 0.2) is 11.1 Å². The molecule has 1 heterocycles. The van der Waals surface area contributed by atoms with Gasteiger partial charge in [-0.05, 0) is 13.8 Å². The molecule has 0 aliphatic heterocycles. The van der Waals surface area contributed by atoms with E-state index in [1.807, 2.05) is 18.7 Å². The van der Waals surface area contributed by atoms with Crippen molar-refractivity contribution in [2.75, 3.05) is 36.9 Å². The molecule has 1 rings (SSSR count). The van der Waals surface area contributed by atoms with Gasteiger partial charge < -0.3 is 20.4 Å². The molecular weight excluding hydrogens is 208 g/mol. The quantitative estimate of drug-likeness (QED) is 0.678. The van der Waals surface area contributed by atoms with Crippen LogP contribution in [-0.4, -0.2) is 36.3 Å². The molecule has 0 amide bonds. The Hall–Kier alpha value is -1.56. The smallest absolute Gasteiger partial charge is 0.276 e. The Bertz CT molecular complexity index is 377. The van der Waals surface area contributed by atoms with Crippen molar-refractivity contribution in [2.24, 2.45) is 0 Å². The Kier molecular flexibility index (Phi) is 4.78. The van der Waals surface area contributed by atoms with Crippen LogP contribution in [0.5, 0.6) is 0 Å². The number of nitrogen functional groups attached to an aromatic ring is 1. The molecule has 1 aromatic heterocycles. The molecule has 0 spiro atoms. The number of H-pyrrole nitrogens is 1. The second-order valence-corrected chi connectivity index (χ2v) is 3.25. The maximum absolute atomic E-state index is 11.3. The molecule has 0 aromatic carbocycles. The second-order valence-electron chi connectivity index (χ2n) is 3.25. The van der Waals surface area contributed by atoms with Crippen LogP contribution in [0.1, 0.15) is 13.8 Å². The third-order valence-electron chi connectivity index (χ3n) is 2.26. The van der Waals surface area contributed by atoms with Gasteiger partial charge in [0.25, 0.3) is 5.56 Å². The van der Waals surface area contributed by atoms with Crippen LogP contribution in [-0.2, 0) is 4.74 Å². The number of ether oxygens (including phenoxy) is 1. The van der Waals surface area contributed by atoms with Crippen LogP contribution in [0.25, 0.3) is 0 Å². The summed E-state index contributed by atoms with van der Waals surface area (Å²) in [5.74, 6) is 0.519. The number of nitrogens with zero attached hydrogens (tertiary/aromatic N) is 2. The summed E-state index contributed by atoms with van der Waals surface area (Å²) in [7, 11) is 0. The number of nitrogens with one attached hydrogen (secondary N) is 1. The molecule has 0 aliphatic rings. The van der Waals surface area contributed by atoms with E-state index in [1.165, 1.54) is 6.33 Å². The molecule has 0 saturated carbocycles. The summed E-state index contributed by atoms with van der Waals surface area (Å²) in [5.41, 5.74) is 5.52. The highest BCUT2D eigenvalue weighted by atomic mass is 16.5. The summed E-state index contributed by atoms with van der Waals surface area (Å²) in [6, 6.07) is 0. The molecular formula is C10H18N4O2. The van der Waals surface area contributed by atoms with Gasteiger partial charge in [0.2, 0.25) is 0 Å². The van der Waals surface area contributed by atoms with Gasteiger partial charge in [-0.1, -0.05) is 0 Å². The normalized spacial score (nSPS) is 10.4. The number of rotatable bonds is 6. The van der Waals surface area contributed by atoms with E-state index in [-0.39, 0.29) is 11.2 Å². The van der Waals surface area contributed by atoms with E-state index in [1.54, 1.807) is 0 Å². The van der Waals surface area contributed by atoms with Crippen LogP contribution < -0.4 is 16.2 Å². The average Bonchev–Trinajstić information content (AvgIpc) is 2.29. The Morgan fingerprint density at radius 1 is 1.56 bits per heavy atom. The van der Waals surface area contributed by atoms with E-state index < -0.39 is 0 Å². The molecule has 3 N–H and O–H groups in total. The van der Waals surface area contributed by atoms with Crippen LogP contribution in [0.3, 0.4) is 0 Å². The molecule has 1 aromatic rings. The number of anilines is 2. The molecule has 6 heteroatoms. The predicted octanol–water partition coefficient (Wildman–Crippen LogP) is 0.215.